The van der Waals surface area contributed by atoms with E-state index in [1.54, 1.807) is 4.57 Å². The van der Waals surface area contributed by atoms with Crippen LogP contribution in [0.3, 0.4) is 0 Å². The summed E-state index contributed by atoms with van der Waals surface area (Å²) in [7, 11) is 0. The minimum atomic E-state index is -0.0202. The fraction of sp³-hybridized carbons (Fsp3) is 0.263. The highest BCUT2D eigenvalue weighted by molar-refractivity contribution is 5.77. The molecule has 4 heteroatoms. The smallest absolute Gasteiger partial charge is 0.266 e. The number of nitrogens with zero attached hydrogens (tertiary/aromatic N) is 2. The summed E-state index contributed by atoms with van der Waals surface area (Å²) >= 11 is 0. The molecule has 0 radical (unpaired) electrons. The summed E-state index contributed by atoms with van der Waals surface area (Å²) in [5, 5.41) is 4.07. The molecule has 3 aromatic rings. The lowest BCUT2D eigenvalue weighted by Crippen LogP contribution is -2.31. The Morgan fingerprint density at radius 3 is 2.43 bits per heavy atom. The highest BCUT2D eigenvalue weighted by atomic mass is 16.1. The van der Waals surface area contributed by atoms with E-state index < -0.39 is 0 Å². The van der Waals surface area contributed by atoms with E-state index in [1.807, 2.05) is 54.6 Å². The molecule has 0 bridgehead atoms. The molecule has 0 amide bonds. The van der Waals surface area contributed by atoms with Gasteiger partial charge in [-0.2, -0.15) is 0 Å². The molecule has 0 aliphatic heterocycles. The molecule has 1 unspecified atom stereocenters. The van der Waals surface area contributed by atoms with Crippen molar-refractivity contribution in [3.05, 3.63) is 70.8 Å². The maximum Gasteiger partial charge on any atom is 0.266 e. The van der Waals surface area contributed by atoms with Gasteiger partial charge in [-0.05, 0) is 37.2 Å². The predicted octanol–water partition coefficient (Wildman–Crippen LogP) is 3.45. The van der Waals surface area contributed by atoms with Crippen LogP contribution in [-0.4, -0.2) is 16.1 Å². The lowest BCUT2D eigenvalue weighted by atomic mass is 10.1. The van der Waals surface area contributed by atoms with Gasteiger partial charge in [-0.1, -0.05) is 44.2 Å². The van der Waals surface area contributed by atoms with Crippen molar-refractivity contribution in [1.29, 1.82) is 0 Å². The summed E-state index contributed by atoms with van der Waals surface area (Å²) in [6, 6.07) is 17.3. The molecule has 1 atom stereocenters. The van der Waals surface area contributed by atoms with Crippen molar-refractivity contribution in [3.8, 4) is 5.69 Å². The summed E-state index contributed by atoms with van der Waals surface area (Å²) < 4.78 is 1.74. The maximum absolute atomic E-state index is 13.1. The quantitative estimate of drug-likeness (QED) is 0.785. The summed E-state index contributed by atoms with van der Waals surface area (Å²) in [5.41, 5.74) is 1.58. The zero-order valence-electron chi connectivity index (χ0n) is 13.5. The van der Waals surface area contributed by atoms with Gasteiger partial charge in [0, 0.05) is 0 Å². The number of aromatic nitrogens is 2. The largest absolute Gasteiger partial charge is 0.308 e. The van der Waals surface area contributed by atoms with Gasteiger partial charge in [-0.25, -0.2) is 4.98 Å². The Kier molecular flexibility index (Phi) is 4.53. The highest BCUT2D eigenvalue weighted by Gasteiger charge is 2.18. The van der Waals surface area contributed by atoms with Crippen molar-refractivity contribution >= 4 is 10.9 Å². The molecular formula is C19H21N3O. The first-order chi connectivity index (χ1) is 11.3. The molecule has 118 valence electrons. The van der Waals surface area contributed by atoms with Crippen LogP contribution < -0.4 is 10.9 Å². The Labute approximate surface area is 135 Å². The van der Waals surface area contributed by atoms with Gasteiger partial charge >= 0.3 is 0 Å². The van der Waals surface area contributed by atoms with Crippen molar-refractivity contribution in [3.63, 3.8) is 0 Å². The second kappa shape index (κ2) is 6.75. The molecule has 1 N–H and O–H groups in total. The second-order valence-corrected chi connectivity index (χ2v) is 5.48. The van der Waals surface area contributed by atoms with Gasteiger partial charge in [0.05, 0.1) is 22.6 Å². The molecule has 2 aromatic carbocycles. The van der Waals surface area contributed by atoms with E-state index in [9.17, 15) is 4.79 Å². The van der Waals surface area contributed by atoms with Crippen molar-refractivity contribution < 1.29 is 0 Å². The lowest BCUT2D eigenvalue weighted by Gasteiger charge is -2.21. The number of para-hydroxylation sites is 2. The van der Waals surface area contributed by atoms with Crippen LogP contribution >= 0.6 is 0 Å². The molecule has 1 aromatic heterocycles. The molecule has 0 spiro atoms. The third-order valence-corrected chi connectivity index (χ3v) is 3.99. The SMILES string of the molecule is CCNC(CC)c1nc2ccccc2c(=O)n1-c1ccccc1. The third-order valence-electron chi connectivity index (χ3n) is 3.99. The van der Waals surface area contributed by atoms with Gasteiger partial charge < -0.3 is 5.32 Å². The summed E-state index contributed by atoms with van der Waals surface area (Å²) in [4.78, 5) is 17.9. The Balaban J connectivity index is 2.34. The van der Waals surface area contributed by atoms with E-state index in [0.717, 1.165) is 30.0 Å². The van der Waals surface area contributed by atoms with Crippen LogP contribution in [0.25, 0.3) is 16.6 Å². The average molecular weight is 307 g/mol. The van der Waals surface area contributed by atoms with Crippen molar-refractivity contribution in [2.24, 2.45) is 0 Å². The number of fused-ring (bicyclic) bond motifs is 1. The monoisotopic (exact) mass is 307 g/mol. The maximum atomic E-state index is 13.1. The molecule has 0 saturated carbocycles. The van der Waals surface area contributed by atoms with Gasteiger partial charge in [0.15, 0.2) is 0 Å². The van der Waals surface area contributed by atoms with E-state index >= 15 is 0 Å². The van der Waals surface area contributed by atoms with E-state index in [0.29, 0.717) is 5.39 Å². The second-order valence-electron chi connectivity index (χ2n) is 5.48. The van der Waals surface area contributed by atoms with Gasteiger partial charge in [0.25, 0.3) is 5.56 Å². The molecule has 0 saturated heterocycles. The fourth-order valence-corrected chi connectivity index (χ4v) is 2.87. The first-order valence-electron chi connectivity index (χ1n) is 8.06. The summed E-state index contributed by atoms with van der Waals surface area (Å²) in [6.45, 7) is 4.99. The Hall–Kier alpha value is -2.46. The van der Waals surface area contributed by atoms with Crippen LogP contribution in [0.4, 0.5) is 0 Å². The Bertz CT molecular complexity index is 855. The number of hydrogen-bond donors (Lipinski definition) is 1. The fourth-order valence-electron chi connectivity index (χ4n) is 2.87. The molecular weight excluding hydrogens is 286 g/mol. The van der Waals surface area contributed by atoms with Gasteiger partial charge in [-0.3, -0.25) is 9.36 Å². The van der Waals surface area contributed by atoms with Gasteiger partial charge in [-0.15, -0.1) is 0 Å². The topological polar surface area (TPSA) is 46.9 Å². The van der Waals surface area contributed by atoms with Crippen LogP contribution in [-0.2, 0) is 0 Å². The molecule has 0 aliphatic rings. The zero-order chi connectivity index (χ0) is 16.2. The minimum Gasteiger partial charge on any atom is -0.308 e. The van der Waals surface area contributed by atoms with Gasteiger partial charge in [0.1, 0.15) is 5.82 Å². The van der Waals surface area contributed by atoms with E-state index in [1.165, 1.54) is 0 Å². The standard InChI is InChI=1S/C19H21N3O/c1-3-16(20-4-2)18-21-17-13-9-8-12-15(17)19(23)22(18)14-10-6-5-7-11-14/h5-13,16,20H,3-4H2,1-2H3. The van der Waals surface area contributed by atoms with Crippen LogP contribution in [0.15, 0.2) is 59.4 Å². The molecule has 1 heterocycles. The lowest BCUT2D eigenvalue weighted by molar-refractivity contribution is 0.498. The number of nitrogens with one attached hydrogen (secondary N) is 1. The molecule has 0 fully saturated rings. The molecule has 3 rings (SSSR count). The molecule has 0 aliphatic carbocycles. The third kappa shape index (κ3) is 2.90. The Morgan fingerprint density at radius 2 is 1.74 bits per heavy atom. The summed E-state index contributed by atoms with van der Waals surface area (Å²) in [5.74, 6) is 0.768. The minimum absolute atomic E-state index is 0.0202. The van der Waals surface area contributed by atoms with E-state index in [4.69, 9.17) is 4.98 Å². The first-order valence-corrected chi connectivity index (χ1v) is 8.06. The van der Waals surface area contributed by atoms with Crippen molar-refractivity contribution in [1.82, 2.24) is 14.9 Å². The number of hydrogen-bond acceptors (Lipinski definition) is 3. The average Bonchev–Trinajstić information content (AvgIpc) is 2.60. The van der Waals surface area contributed by atoms with Crippen LogP contribution in [0, 0.1) is 0 Å². The predicted molar refractivity (Wildman–Crippen MR) is 94.0 cm³/mol. The Morgan fingerprint density at radius 1 is 1.04 bits per heavy atom. The summed E-state index contributed by atoms with van der Waals surface area (Å²) in [6.07, 6.45) is 0.867. The highest BCUT2D eigenvalue weighted by Crippen LogP contribution is 2.20. The van der Waals surface area contributed by atoms with Crippen LogP contribution in [0.1, 0.15) is 32.1 Å². The normalized spacial score (nSPS) is 12.4. The van der Waals surface area contributed by atoms with E-state index in [2.05, 4.69) is 19.2 Å². The zero-order valence-corrected chi connectivity index (χ0v) is 13.5. The first kappa shape index (κ1) is 15.4. The molecule has 23 heavy (non-hydrogen) atoms. The van der Waals surface area contributed by atoms with Crippen LogP contribution in [0.2, 0.25) is 0 Å². The van der Waals surface area contributed by atoms with E-state index in [-0.39, 0.29) is 11.6 Å². The number of benzene rings is 2. The molecule has 4 nitrogen and oxygen atoms in total. The van der Waals surface area contributed by atoms with Crippen molar-refractivity contribution in [2.75, 3.05) is 6.54 Å². The number of rotatable bonds is 5. The van der Waals surface area contributed by atoms with Gasteiger partial charge in [0.2, 0.25) is 0 Å². The van der Waals surface area contributed by atoms with Crippen molar-refractivity contribution in [2.45, 2.75) is 26.3 Å². The van der Waals surface area contributed by atoms with Crippen LogP contribution in [0.5, 0.6) is 0 Å².